The van der Waals surface area contributed by atoms with E-state index in [9.17, 15) is 4.79 Å². The molecule has 0 radical (unpaired) electrons. The Morgan fingerprint density at radius 2 is 0.767 bits per heavy atom. The molecule has 0 aliphatic carbocycles. The van der Waals surface area contributed by atoms with Gasteiger partial charge in [0.15, 0.2) is 0 Å². The first-order chi connectivity index (χ1) is 20.8. The van der Waals surface area contributed by atoms with E-state index in [1.807, 2.05) is 60.7 Å². The zero-order valence-corrected chi connectivity index (χ0v) is 28.3. The number of rotatable bonds is 2. The molecular formula is C33H44NaO8P. The van der Waals surface area contributed by atoms with E-state index in [4.69, 9.17) is 33.2 Å². The van der Waals surface area contributed by atoms with Gasteiger partial charge in [0, 0.05) is 18.4 Å². The van der Waals surface area contributed by atoms with Crippen LogP contribution in [0, 0.1) is 0 Å². The molecule has 0 amide bonds. The zero-order chi connectivity index (χ0) is 29.3. The zero-order valence-electron chi connectivity index (χ0n) is 25.5. The third kappa shape index (κ3) is 18.2. The van der Waals surface area contributed by atoms with E-state index in [0.29, 0.717) is 79.3 Å². The van der Waals surface area contributed by atoms with Crippen LogP contribution in [0.25, 0.3) is 22.0 Å². The maximum Gasteiger partial charge on any atom is 1.00 e. The maximum atomic E-state index is 11.9. The average molecular weight is 623 g/mol. The third-order valence-electron chi connectivity index (χ3n) is 6.04. The summed E-state index contributed by atoms with van der Waals surface area (Å²) in [7, 11) is 0.752. The maximum absolute atomic E-state index is 11.9. The van der Waals surface area contributed by atoms with Crippen LogP contribution in [0.5, 0.6) is 0 Å². The Morgan fingerprint density at radius 3 is 1.12 bits per heavy atom. The van der Waals surface area contributed by atoms with Gasteiger partial charge in [-0.1, -0.05) is 66.7 Å². The van der Waals surface area contributed by atoms with Gasteiger partial charge in [-0.25, -0.2) is 0 Å². The molecule has 0 N–H and O–H groups in total. The molecular weight excluding hydrogens is 578 g/mol. The summed E-state index contributed by atoms with van der Waals surface area (Å²) in [5.41, 5.74) is 3.18. The molecule has 2 fully saturated rings. The van der Waals surface area contributed by atoms with Crippen molar-refractivity contribution in [2.45, 2.75) is 12.8 Å². The molecule has 0 saturated carbocycles. The van der Waals surface area contributed by atoms with E-state index in [-0.39, 0.29) is 34.7 Å². The smallest absolute Gasteiger partial charge is 0.471 e. The molecule has 0 atom stereocenters. The molecule has 5 rings (SSSR count). The first-order valence-electron chi connectivity index (χ1n) is 14.7. The summed E-state index contributed by atoms with van der Waals surface area (Å²) in [5, 5.41) is 1.20. The minimum atomic E-state index is 0. The predicted octanol–water partition coefficient (Wildman–Crippen LogP) is 2.58. The van der Waals surface area contributed by atoms with Crippen molar-refractivity contribution >= 4 is 8.19 Å². The van der Waals surface area contributed by atoms with Gasteiger partial charge in [0.1, 0.15) is 0 Å². The molecule has 2 aliphatic rings. The summed E-state index contributed by atoms with van der Waals surface area (Å²) in [6.45, 7) is 9.04. The van der Waals surface area contributed by atoms with Gasteiger partial charge in [0.25, 0.3) is 0 Å². The van der Waals surface area contributed by atoms with Gasteiger partial charge in [-0.3, -0.25) is 0 Å². The van der Waals surface area contributed by atoms with Crippen LogP contribution in [0.3, 0.4) is 0 Å². The van der Waals surface area contributed by atoms with E-state index in [1.165, 1.54) is 12.8 Å². The number of ether oxygens (including phenoxy) is 7. The van der Waals surface area contributed by atoms with Crippen molar-refractivity contribution in [2.24, 2.45) is 0 Å². The van der Waals surface area contributed by atoms with Crippen LogP contribution in [0.2, 0.25) is 0 Å². The number of hydrogen-bond donors (Lipinski definition) is 0. The molecule has 3 heterocycles. The van der Waals surface area contributed by atoms with E-state index in [2.05, 4.69) is 6.07 Å². The summed E-state index contributed by atoms with van der Waals surface area (Å²) < 4.78 is 36.9. The fraction of sp³-hybridized carbons (Fsp3) is 0.485. The summed E-state index contributed by atoms with van der Waals surface area (Å²) in [6.07, 6.45) is 2.56. The van der Waals surface area contributed by atoms with Crippen LogP contribution in [0.15, 0.2) is 77.6 Å². The second-order valence-corrected chi connectivity index (χ2v) is 10.5. The van der Waals surface area contributed by atoms with Crippen LogP contribution in [-0.2, 0) is 33.2 Å². The van der Waals surface area contributed by atoms with Crippen molar-refractivity contribution in [1.29, 1.82) is 0 Å². The Hall–Kier alpha value is -1.39. The topological polar surface area (TPSA) is 81.7 Å². The minimum Gasteiger partial charge on any atom is -0.471 e. The molecule has 8 nitrogen and oxygen atoms in total. The van der Waals surface area contributed by atoms with Crippen molar-refractivity contribution in [2.75, 3.05) is 92.5 Å². The van der Waals surface area contributed by atoms with Gasteiger partial charge in [0.05, 0.1) is 79.3 Å². The van der Waals surface area contributed by atoms with Gasteiger partial charge in [-0.2, -0.15) is 5.30 Å². The number of benzene rings is 2. The third-order valence-corrected chi connectivity index (χ3v) is 7.02. The number of hydrogen-bond acceptors (Lipinski definition) is 8. The fourth-order valence-electron chi connectivity index (χ4n) is 3.89. The molecule has 2 aliphatic heterocycles. The van der Waals surface area contributed by atoms with E-state index < -0.39 is 0 Å². The van der Waals surface area contributed by atoms with Crippen molar-refractivity contribution in [3.8, 4) is 22.0 Å². The molecule has 0 bridgehead atoms. The van der Waals surface area contributed by atoms with Crippen LogP contribution >= 0.6 is 8.19 Å². The Labute approximate surface area is 279 Å². The fourth-order valence-corrected chi connectivity index (χ4v) is 4.81. The van der Waals surface area contributed by atoms with E-state index >= 15 is 0 Å². The van der Waals surface area contributed by atoms with E-state index in [0.717, 1.165) is 43.4 Å². The monoisotopic (exact) mass is 622 g/mol. The van der Waals surface area contributed by atoms with Gasteiger partial charge in [-0.15, -0.1) is 0 Å². The normalized spacial score (nSPS) is 17.6. The van der Waals surface area contributed by atoms with Gasteiger partial charge in [0.2, 0.25) is 0 Å². The Balaban J connectivity index is 0.000000253. The SMILES string of the molecule is C1CCOC1.C1COCCOCCOCCOCCOCCO1.O=c1cc(-c2ccccc2)cc(-c2ccccc2)[p-]1.[Na+]. The van der Waals surface area contributed by atoms with Gasteiger partial charge in [-0.05, 0) is 35.6 Å². The first-order valence-corrected chi connectivity index (χ1v) is 15.6. The molecule has 2 aromatic carbocycles. The van der Waals surface area contributed by atoms with E-state index in [1.54, 1.807) is 6.07 Å². The van der Waals surface area contributed by atoms with Crippen molar-refractivity contribution < 1.29 is 62.7 Å². The summed E-state index contributed by atoms with van der Waals surface area (Å²) in [6, 6.07) is 23.9. The van der Waals surface area contributed by atoms with Crippen LogP contribution < -0.4 is 34.7 Å². The van der Waals surface area contributed by atoms with Crippen molar-refractivity contribution in [3.63, 3.8) is 0 Å². The van der Waals surface area contributed by atoms with Crippen LogP contribution in [0.4, 0.5) is 0 Å². The molecule has 43 heavy (non-hydrogen) atoms. The summed E-state index contributed by atoms with van der Waals surface area (Å²) in [5.74, 6) is 0. The van der Waals surface area contributed by atoms with Crippen LogP contribution in [-0.4, -0.2) is 92.5 Å². The minimum absolute atomic E-state index is 0. The first kappa shape index (κ1) is 37.8. The Bertz CT molecular complexity index is 969. The molecule has 2 saturated heterocycles. The van der Waals surface area contributed by atoms with Gasteiger partial charge < -0.3 is 46.1 Å². The van der Waals surface area contributed by atoms with Crippen molar-refractivity contribution in [1.82, 2.24) is 0 Å². The molecule has 3 aromatic rings. The quantitative estimate of drug-likeness (QED) is 0.404. The molecule has 0 unspecified atom stereocenters. The van der Waals surface area contributed by atoms with Crippen molar-refractivity contribution in [3.05, 3.63) is 82.8 Å². The molecule has 1 aromatic heterocycles. The standard InChI is InChI=1S/C17H12OP.C12H24O6.C4H8O.Na/c18-17-12-15(13-7-3-1-4-8-13)11-16(19-17)14-9-5-2-6-10-14;1-2-14-5-6-16-9-10-18-12-11-17-8-7-15-4-3-13-1;1-2-4-5-3-1;/h1-12H;1-12H2;1-4H2;/q-1;;;+1. The predicted molar refractivity (Wildman–Crippen MR) is 167 cm³/mol. The Kier molecular flexibility index (Phi) is 22.8. The van der Waals surface area contributed by atoms with Crippen LogP contribution in [0.1, 0.15) is 12.8 Å². The second-order valence-electron chi connectivity index (χ2n) is 9.31. The average Bonchev–Trinajstić information content (AvgIpc) is 3.63. The van der Waals surface area contributed by atoms with Gasteiger partial charge >= 0.3 is 29.6 Å². The summed E-state index contributed by atoms with van der Waals surface area (Å²) in [4.78, 5) is 11.9. The largest absolute Gasteiger partial charge is 1.00 e. The molecule has 230 valence electrons. The molecule has 0 spiro atoms. The second kappa shape index (κ2) is 25.9. The molecule has 10 heteroatoms. The summed E-state index contributed by atoms with van der Waals surface area (Å²) >= 11 is 0. The Morgan fingerprint density at radius 1 is 0.419 bits per heavy atom.